The molecule has 0 aliphatic carbocycles. The van der Waals surface area contributed by atoms with Crippen LogP contribution in [0, 0.1) is 0 Å². The van der Waals surface area contributed by atoms with Gasteiger partial charge in [0.25, 0.3) is 0 Å². The first-order valence-electron chi connectivity index (χ1n) is 5.44. The lowest BCUT2D eigenvalue weighted by molar-refractivity contribution is -0.275. The smallest absolute Gasteiger partial charge is 0.494 e. The Balaban J connectivity index is 3.03. The summed E-state index contributed by atoms with van der Waals surface area (Å²) in [5.41, 5.74) is 0.0510. The zero-order valence-corrected chi connectivity index (χ0v) is 10.4. The molecule has 0 saturated heterocycles. The second-order valence-corrected chi connectivity index (χ2v) is 3.50. The van der Waals surface area contributed by atoms with E-state index in [0.29, 0.717) is 12.4 Å². The highest BCUT2D eigenvalue weighted by Gasteiger charge is 2.32. The van der Waals surface area contributed by atoms with Crippen LogP contribution in [0.25, 0.3) is 0 Å². The third-order valence-electron chi connectivity index (χ3n) is 2.13. The van der Waals surface area contributed by atoms with Crippen molar-refractivity contribution >= 4 is 5.97 Å². The Hall–Kier alpha value is -1.92. The molecule has 7 heteroatoms. The molecule has 4 nitrogen and oxygen atoms in total. The maximum absolute atomic E-state index is 12.2. The Labute approximate surface area is 108 Å². The average molecular weight is 278 g/mol. The third kappa shape index (κ3) is 5.07. The van der Waals surface area contributed by atoms with Crippen LogP contribution in [0.2, 0.25) is 0 Å². The maximum atomic E-state index is 12.2. The van der Waals surface area contributed by atoms with Gasteiger partial charge in [-0.05, 0) is 25.1 Å². The first-order chi connectivity index (χ1) is 8.85. The fraction of sp³-hybridized carbons (Fsp3) is 0.417. The quantitative estimate of drug-likeness (QED) is 0.777. The van der Waals surface area contributed by atoms with Gasteiger partial charge in [0.2, 0.25) is 0 Å². The molecular formula is C12H13F3O4. The zero-order valence-electron chi connectivity index (χ0n) is 10.4. The summed E-state index contributed by atoms with van der Waals surface area (Å²) in [4.78, 5) is 11.2. The van der Waals surface area contributed by atoms with Gasteiger partial charge in [0.1, 0.15) is 11.5 Å². The lowest BCUT2D eigenvalue weighted by Crippen LogP contribution is -2.19. The van der Waals surface area contributed by atoms with Crippen molar-refractivity contribution in [3.8, 4) is 11.5 Å². The number of carbonyl (C=O) groups excluding carboxylic acids is 1. The van der Waals surface area contributed by atoms with Crippen molar-refractivity contribution in [3.63, 3.8) is 0 Å². The minimum absolute atomic E-state index is 0.0510. The van der Waals surface area contributed by atoms with Crippen molar-refractivity contribution in [2.24, 2.45) is 0 Å². The molecule has 19 heavy (non-hydrogen) atoms. The molecule has 1 aromatic rings. The largest absolute Gasteiger partial charge is 0.573 e. The van der Waals surface area contributed by atoms with Crippen LogP contribution < -0.4 is 9.47 Å². The predicted octanol–water partition coefficient (Wildman–Crippen LogP) is 2.70. The molecule has 0 unspecified atom stereocenters. The molecule has 1 aromatic carbocycles. The number of hydrogen-bond donors (Lipinski definition) is 0. The van der Waals surface area contributed by atoms with Crippen LogP contribution >= 0.6 is 0 Å². The summed E-state index contributed by atoms with van der Waals surface area (Å²) in [6.45, 7) is 2.09. The minimum Gasteiger partial charge on any atom is -0.494 e. The molecule has 0 bridgehead atoms. The standard InChI is InChI=1S/C12H13F3O4/c1-3-18-9-4-5-10(19-12(13,14)15)8(6-9)7-11(16)17-2/h4-6H,3,7H2,1-2H3. The summed E-state index contributed by atoms with van der Waals surface area (Å²) >= 11 is 0. The molecule has 0 atom stereocenters. The van der Waals surface area contributed by atoms with E-state index in [1.54, 1.807) is 6.92 Å². The maximum Gasteiger partial charge on any atom is 0.573 e. The van der Waals surface area contributed by atoms with Gasteiger partial charge < -0.3 is 14.2 Å². The molecule has 0 saturated carbocycles. The fourth-order valence-corrected chi connectivity index (χ4v) is 1.40. The van der Waals surface area contributed by atoms with Gasteiger partial charge in [0.05, 0.1) is 20.1 Å². The molecule has 0 aromatic heterocycles. The van der Waals surface area contributed by atoms with Crippen LogP contribution in [0.15, 0.2) is 18.2 Å². The highest BCUT2D eigenvalue weighted by atomic mass is 19.4. The number of carbonyl (C=O) groups is 1. The van der Waals surface area contributed by atoms with Crippen molar-refractivity contribution in [2.75, 3.05) is 13.7 Å². The SMILES string of the molecule is CCOc1ccc(OC(F)(F)F)c(CC(=O)OC)c1. The van der Waals surface area contributed by atoms with E-state index in [4.69, 9.17) is 4.74 Å². The second-order valence-electron chi connectivity index (χ2n) is 3.50. The number of methoxy groups -OCH3 is 1. The lowest BCUT2D eigenvalue weighted by Gasteiger charge is -2.14. The molecule has 0 fully saturated rings. The molecular weight excluding hydrogens is 265 g/mol. The number of halogens is 3. The van der Waals surface area contributed by atoms with Crippen LogP contribution in [0.4, 0.5) is 13.2 Å². The van der Waals surface area contributed by atoms with E-state index < -0.39 is 18.1 Å². The summed E-state index contributed by atoms with van der Waals surface area (Å²) in [5, 5.41) is 0. The van der Waals surface area contributed by atoms with Crippen molar-refractivity contribution in [1.29, 1.82) is 0 Å². The molecule has 0 heterocycles. The summed E-state index contributed by atoms with van der Waals surface area (Å²) in [7, 11) is 1.15. The van der Waals surface area contributed by atoms with Crippen LogP contribution in [0.5, 0.6) is 11.5 Å². The van der Waals surface area contributed by atoms with E-state index in [2.05, 4.69) is 9.47 Å². The van der Waals surface area contributed by atoms with Gasteiger partial charge in [-0.3, -0.25) is 4.79 Å². The zero-order chi connectivity index (χ0) is 14.5. The summed E-state index contributed by atoms with van der Waals surface area (Å²) in [6.07, 6.45) is -5.15. The van der Waals surface area contributed by atoms with Crippen molar-refractivity contribution in [3.05, 3.63) is 23.8 Å². The van der Waals surface area contributed by atoms with E-state index in [1.807, 2.05) is 0 Å². The first kappa shape index (κ1) is 15.1. The number of benzene rings is 1. The Morgan fingerprint density at radius 3 is 2.53 bits per heavy atom. The van der Waals surface area contributed by atoms with E-state index in [9.17, 15) is 18.0 Å². The normalized spacial score (nSPS) is 11.0. The molecule has 1 rings (SSSR count). The van der Waals surface area contributed by atoms with Crippen LogP contribution in [0.3, 0.4) is 0 Å². The molecule has 0 radical (unpaired) electrons. The summed E-state index contributed by atoms with van der Waals surface area (Å²) < 4.78 is 50.1. The summed E-state index contributed by atoms with van der Waals surface area (Å²) in [5.74, 6) is -0.752. The van der Waals surface area contributed by atoms with Crippen molar-refractivity contribution in [2.45, 2.75) is 19.7 Å². The molecule has 106 valence electrons. The van der Waals surface area contributed by atoms with Crippen molar-refractivity contribution < 1.29 is 32.2 Å². The third-order valence-corrected chi connectivity index (χ3v) is 2.13. The Morgan fingerprint density at radius 2 is 2.00 bits per heavy atom. The van der Waals surface area contributed by atoms with Gasteiger partial charge in [-0.25, -0.2) is 0 Å². The van der Waals surface area contributed by atoms with Crippen LogP contribution in [-0.2, 0) is 16.0 Å². The van der Waals surface area contributed by atoms with Gasteiger partial charge in [0, 0.05) is 5.56 Å². The Morgan fingerprint density at radius 1 is 1.32 bits per heavy atom. The van der Waals surface area contributed by atoms with E-state index >= 15 is 0 Å². The van der Waals surface area contributed by atoms with Crippen LogP contribution in [0.1, 0.15) is 12.5 Å². The highest BCUT2D eigenvalue weighted by molar-refractivity contribution is 5.73. The number of hydrogen-bond acceptors (Lipinski definition) is 4. The van der Waals surface area contributed by atoms with E-state index in [-0.39, 0.29) is 12.0 Å². The topological polar surface area (TPSA) is 44.8 Å². The number of esters is 1. The number of alkyl halides is 3. The number of ether oxygens (including phenoxy) is 3. The van der Waals surface area contributed by atoms with Gasteiger partial charge in [-0.1, -0.05) is 0 Å². The molecule has 0 aliphatic rings. The Bertz CT molecular complexity index is 443. The molecule has 0 aliphatic heterocycles. The highest BCUT2D eigenvalue weighted by Crippen LogP contribution is 2.30. The first-order valence-corrected chi connectivity index (χ1v) is 5.44. The summed E-state index contributed by atoms with van der Waals surface area (Å²) in [6, 6.07) is 3.77. The monoisotopic (exact) mass is 278 g/mol. The van der Waals surface area contributed by atoms with Gasteiger partial charge in [0.15, 0.2) is 0 Å². The van der Waals surface area contributed by atoms with Gasteiger partial charge in [-0.15, -0.1) is 13.2 Å². The fourth-order valence-electron chi connectivity index (χ4n) is 1.40. The second kappa shape index (κ2) is 6.31. The predicted molar refractivity (Wildman–Crippen MR) is 60.0 cm³/mol. The van der Waals surface area contributed by atoms with E-state index in [1.165, 1.54) is 12.1 Å². The molecule has 0 N–H and O–H groups in total. The van der Waals surface area contributed by atoms with Crippen molar-refractivity contribution in [1.82, 2.24) is 0 Å². The Kier molecular flexibility index (Phi) is 5.02. The lowest BCUT2D eigenvalue weighted by atomic mass is 10.1. The van der Waals surface area contributed by atoms with Crippen LogP contribution in [-0.4, -0.2) is 26.0 Å². The average Bonchev–Trinajstić information content (AvgIpc) is 2.31. The van der Waals surface area contributed by atoms with E-state index in [0.717, 1.165) is 13.2 Å². The van der Waals surface area contributed by atoms with Gasteiger partial charge >= 0.3 is 12.3 Å². The minimum atomic E-state index is -4.82. The molecule has 0 spiro atoms. The molecule has 0 amide bonds. The van der Waals surface area contributed by atoms with Gasteiger partial charge in [-0.2, -0.15) is 0 Å². The number of rotatable bonds is 5.